The molecule has 1 N–H and O–H groups in total. The average Bonchev–Trinajstić information content (AvgIpc) is 2.30. The van der Waals surface area contributed by atoms with Crippen molar-refractivity contribution in [2.75, 3.05) is 20.3 Å². The van der Waals surface area contributed by atoms with E-state index in [0.717, 1.165) is 13.2 Å². The molecule has 0 radical (unpaired) electrons. The molecule has 1 rings (SSSR count). The summed E-state index contributed by atoms with van der Waals surface area (Å²) in [6, 6.07) is 8.88. The van der Waals surface area contributed by atoms with Gasteiger partial charge in [-0.15, -0.1) is 0 Å². The first-order valence-electron chi connectivity index (χ1n) is 7.14. The SMILES string of the molecule is COCC(C)C(CNC(C)(C)C)c1ccc(C)cc1. The number of aryl methyl sites for hydroxylation is 1. The van der Waals surface area contributed by atoms with Crippen molar-refractivity contribution in [3.05, 3.63) is 35.4 Å². The lowest BCUT2D eigenvalue weighted by molar-refractivity contribution is 0.144. The first-order chi connectivity index (χ1) is 8.83. The fraction of sp³-hybridized carbons (Fsp3) is 0.647. The summed E-state index contributed by atoms with van der Waals surface area (Å²) in [5.74, 6) is 0.988. The van der Waals surface area contributed by atoms with Crippen LogP contribution in [0.2, 0.25) is 0 Å². The number of nitrogens with one attached hydrogen (secondary N) is 1. The molecule has 2 heteroatoms. The van der Waals surface area contributed by atoms with E-state index in [4.69, 9.17) is 4.74 Å². The van der Waals surface area contributed by atoms with E-state index < -0.39 is 0 Å². The van der Waals surface area contributed by atoms with Gasteiger partial charge in [-0.25, -0.2) is 0 Å². The second kappa shape index (κ2) is 7.06. The molecule has 1 aromatic carbocycles. The van der Waals surface area contributed by atoms with Crippen LogP contribution in [0.4, 0.5) is 0 Å². The molecule has 108 valence electrons. The van der Waals surface area contributed by atoms with Crippen LogP contribution in [0, 0.1) is 12.8 Å². The van der Waals surface area contributed by atoms with Gasteiger partial charge in [0.1, 0.15) is 0 Å². The molecule has 0 saturated carbocycles. The van der Waals surface area contributed by atoms with Gasteiger partial charge in [0.25, 0.3) is 0 Å². The molecule has 0 spiro atoms. The minimum Gasteiger partial charge on any atom is -0.384 e. The Hall–Kier alpha value is -0.860. The molecule has 0 heterocycles. The van der Waals surface area contributed by atoms with Gasteiger partial charge in [-0.05, 0) is 39.2 Å². The Morgan fingerprint density at radius 3 is 2.21 bits per heavy atom. The van der Waals surface area contributed by atoms with Crippen LogP contribution in [0.1, 0.15) is 44.7 Å². The molecule has 0 fully saturated rings. The Kier molecular flexibility index (Phi) is 6.02. The summed E-state index contributed by atoms with van der Waals surface area (Å²) in [4.78, 5) is 0. The van der Waals surface area contributed by atoms with Crippen molar-refractivity contribution in [2.45, 2.75) is 46.1 Å². The molecule has 0 aliphatic heterocycles. The normalized spacial score (nSPS) is 15.3. The van der Waals surface area contributed by atoms with Gasteiger partial charge in [0.15, 0.2) is 0 Å². The summed E-state index contributed by atoms with van der Waals surface area (Å²) in [6.45, 7) is 12.8. The van der Waals surface area contributed by atoms with Gasteiger partial charge in [-0.3, -0.25) is 0 Å². The Morgan fingerprint density at radius 2 is 1.74 bits per heavy atom. The van der Waals surface area contributed by atoms with E-state index in [2.05, 4.69) is 64.2 Å². The first-order valence-corrected chi connectivity index (χ1v) is 7.14. The second-order valence-electron chi connectivity index (χ2n) is 6.58. The van der Waals surface area contributed by atoms with Gasteiger partial charge in [-0.2, -0.15) is 0 Å². The number of hydrogen-bond donors (Lipinski definition) is 1. The van der Waals surface area contributed by atoms with Crippen LogP contribution in [0.5, 0.6) is 0 Å². The summed E-state index contributed by atoms with van der Waals surface area (Å²) in [7, 11) is 1.78. The zero-order chi connectivity index (χ0) is 14.5. The van der Waals surface area contributed by atoms with E-state index >= 15 is 0 Å². The van der Waals surface area contributed by atoms with Crippen molar-refractivity contribution in [1.29, 1.82) is 0 Å². The zero-order valence-corrected chi connectivity index (χ0v) is 13.3. The Labute approximate surface area is 118 Å². The van der Waals surface area contributed by atoms with Crippen LogP contribution in [-0.4, -0.2) is 25.8 Å². The van der Waals surface area contributed by atoms with Gasteiger partial charge in [0.2, 0.25) is 0 Å². The third kappa shape index (κ3) is 5.75. The highest BCUT2D eigenvalue weighted by atomic mass is 16.5. The van der Waals surface area contributed by atoms with E-state index in [1.807, 2.05) is 0 Å². The van der Waals surface area contributed by atoms with Gasteiger partial charge in [0, 0.05) is 31.7 Å². The van der Waals surface area contributed by atoms with Crippen LogP contribution >= 0.6 is 0 Å². The lowest BCUT2D eigenvalue weighted by Gasteiger charge is -2.29. The van der Waals surface area contributed by atoms with Crippen molar-refractivity contribution >= 4 is 0 Å². The summed E-state index contributed by atoms with van der Waals surface area (Å²) in [6.07, 6.45) is 0. The van der Waals surface area contributed by atoms with Crippen molar-refractivity contribution < 1.29 is 4.74 Å². The van der Waals surface area contributed by atoms with Crippen LogP contribution in [0.3, 0.4) is 0 Å². The molecule has 0 aliphatic rings. The standard InChI is InChI=1S/C17H29NO/c1-13-7-9-15(10-8-13)16(14(2)12-19-6)11-18-17(3,4)5/h7-10,14,16,18H,11-12H2,1-6H3. The molecule has 19 heavy (non-hydrogen) atoms. The topological polar surface area (TPSA) is 21.3 Å². The fourth-order valence-corrected chi connectivity index (χ4v) is 2.26. The van der Waals surface area contributed by atoms with Gasteiger partial charge >= 0.3 is 0 Å². The Balaban J connectivity index is 2.82. The van der Waals surface area contributed by atoms with E-state index in [1.165, 1.54) is 11.1 Å². The highest BCUT2D eigenvalue weighted by molar-refractivity contribution is 5.25. The molecular weight excluding hydrogens is 234 g/mol. The molecule has 0 bridgehead atoms. The number of rotatable bonds is 6. The maximum absolute atomic E-state index is 5.33. The summed E-state index contributed by atoms with van der Waals surface area (Å²) in [5, 5.41) is 3.62. The molecular formula is C17H29NO. The summed E-state index contributed by atoms with van der Waals surface area (Å²) < 4.78 is 5.33. The van der Waals surface area contributed by atoms with E-state index in [0.29, 0.717) is 11.8 Å². The summed E-state index contributed by atoms with van der Waals surface area (Å²) in [5.41, 5.74) is 2.85. The van der Waals surface area contributed by atoms with Gasteiger partial charge < -0.3 is 10.1 Å². The molecule has 0 saturated heterocycles. The third-order valence-electron chi connectivity index (χ3n) is 3.47. The van der Waals surface area contributed by atoms with Crippen LogP contribution < -0.4 is 5.32 Å². The maximum Gasteiger partial charge on any atom is 0.0494 e. The lowest BCUT2D eigenvalue weighted by Crippen LogP contribution is -2.40. The number of benzene rings is 1. The van der Waals surface area contributed by atoms with Gasteiger partial charge in [-0.1, -0.05) is 36.8 Å². The Bertz CT molecular complexity index is 364. The molecule has 2 nitrogen and oxygen atoms in total. The maximum atomic E-state index is 5.33. The minimum atomic E-state index is 0.149. The number of ether oxygens (including phenoxy) is 1. The van der Waals surface area contributed by atoms with E-state index in [-0.39, 0.29) is 5.54 Å². The first kappa shape index (κ1) is 16.2. The zero-order valence-electron chi connectivity index (χ0n) is 13.3. The quantitative estimate of drug-likeness (QED) is 0.844. The van der Waals surface area contributed by atoms with Crippen molar-refractivity contribution in [1.82, 2.24) is 5.32 Å². The largest absolute Gasteiger partial charge is 0.384 e. The second-order valence-corrected chi connectivity index (χ2v) is 6.58. The molecule has 2 unspecified atom stereocenters. The van der Waals surface area contributed by atoms with E-state index in [9.17, 15) is 0 Å². The fourth-order valence-electron chi connectivity index (χ4n) is 2.26. The smallest absolute Gasteiger partial charge is 0.0494 e. The van der Waals surface area contributed by atoms with Crippen molar-refractivity contribution in [3.8, 4) is 0 Å². The van der Waals surface area contributed by atoms with Crippen LogP contribution in [-0.2, 0) is 4.74 Å². The predicted molar refractivity (Wildman–Crippen MR) is 82.7 cm³/mol. The number of methoxy groups -OCH3 is 1. The van der Waals surface area contributed by atoms with Crippen molar-refractivity contribution in [3.63, 3.8) is 0 Å². The highest BCUT2D eigenvalue weighted by Gasteiger charge is 2.21. The Morgan fingerprint density at radius 1 is 1.16 bits per heavy atom. The lowest BCUT2D eigenvalue weighted by atomic mass is 9.86. The molecule has 2 atom stereocenters. The third-order valence-corrected chi connectivity index (χ3v) is 3.47. The van der Waals surface area contributed by atoms with E-state index in [1.54, 1.807) is 7.11 Å². The molecule has 1 aromatic rings. The minimum absolute atomic E-state index is 0.149. The molecule has 0 amide bonds. The van der Waals surface area contributed by atoms with Crippen LogP contribution in [0.15, 0.2) is 24.3 Å². The molecule has 0 aliphatic carbocycles. The predicted octanol–water partition coefficient (Wildman–Crippen LogP) is 3.75. The number of hydrogen-bond acceptors (Lipinski definition) is 2. The summed E-state index contributed by atoms with van der Waals surface area (Å²) >= 11 is 0. The monoisotopic (exact) mass is 263 g/mol. The van der Waals surface area contributed by atoms with Gasteiger partial charge in [0.05, 0.1) is 0 Å². The molecule has 0 aromatic heterocycles. The van der Waals surface area contributed by atoms with Crippen LogP contribution in [0.25, 0.3) is 0 Å². The van der Waals surface area contributed by atoms with Crippen molar-refractivity contribution in [2.24, 2.45) is 5.92 Å². The average molecular weight is 263 g/mol. The highest BCUT2D eigenvalue weighted by Crippen LogP contribution is 2.25.